The van der Waals surface area contributed by atoms with Crippen LogP contribution in [0.25, 0.3) is 0 Å². The average molecular weight is 261 g/mol. The molecule has 0 aliphatic carbocycles. The molecule has 102 valence electrons. The molecule has 3 rings (SSSR count). The maximum Gasteiger partial charge on any atom is 0.246 e. The van der Waals surface area contributed by atoms with Crippen molar-refractivity contribution in [3.05, 3.63) is 23.8 Å². The highest BCUT2D eigenvalue weighted by molar-refractivity contribution is 6.03. The molecule has 5 heteroatoms. The van der Waals surface area contributed by atoms with Crippen LogP contribution in [0.4, 0.5) is 11.4 Å². The van der Waals surface area contributed by atoms with Gasteiger partial charge in [0.05, 0.1) is 12.6 Å². The van der Waals surface area contributed by atoms with Crippen LogP contribution in [-0.4, -0.2) is 37.3 Å². The predicted molar refractivity (Wildman–Crippen MR) is 74.3 cm³/mol. The van der Waals surface area contributed by atoms with Gasteiger partial charge in [0.15, 0.2) is 0 Å². The van der Waals surface area contributed by atoms with Crippen molar-refractivity contribution in [2.75, 3.05) is 30.4 Å². The minimum absolute atomic E-state index is 0.00483. The van der Waals surface area contributed by atoms with E-state index < -0.39 is 0 Å². The summed E-state index contributed by atoms with van der Waals surface area (Å²) >= 11 is 0. The second-order valence-electron chi connectivity index (χ2n) is 5.15. The summed E-state index contributed by atoms with van der Waals surface area (Å²) in [4.78, 5) is 14.0. The maximum atomic E-state index is 11.8. The minimum Gasteiger partial charge on any atom is -0.394 e. The number of rotatable bonds is 3. The number of carbonyl (C=O) groups is 1. The Hall–Kier alpha value is -1.59. The van der Waals surface area contributed by atoms with Crippen molar-refractivity contribution in [2.24, 2.45) is 0 Å². The molecule has 1 aromatic rings. The summed E-state index contributed by atoms with van der Waals surface area (Å²) in [6.45, 7) is 1.15. The third kappa shape index (κ3) is 1.99. The summed E-state index contributed by atoms with van der Waals surface area (Å²) in [5.74, 6) is -0.00483. The van der Waals surface area contributed by atoms with Crippen LogP contribution in [0.15, 0.2) is 18.2 Å². The van der Waals surface area contributed by atoms with Gasteiger partial charge < -0.3 is 20.6 Å². The van der Waals surface area contributed by atoms with Gasteiger partial charge in [0.1, 0.15) is 6.04 Å². The molecule has 2 unspecified atom stereocenters. The van der Waals surface area contributed by atoms with Gasteiger partial charge in [0, 0.05) is 23.5 Å². The molecule has 19 heavy (non-hydrogen) atoms. The third-order valence-electron chi connectivity index (χ3n) is 4.08. The van der Waals surface area contributed by atoms with Gasteiger partial charge in [-0.25, -0.2) is 0 Å². The molecule has 1 fully saturated rings. The van der Waals surface area contributed by atoms with Crippen molar-refractivity contribution < 1.29 is 9.90 Å². The van der Waals surface area contributed by atoms with E-state index in [1.54, 1.807) is 7.05 Å². The Labute approximate surface area is 112 Å². The van der Waals surface area contributed by atoms with Crippen LogP contribution >= 0.6 is 0 Å². The van der Waals surface area contributed by atoms with E-state index in [4.69, 9.17) is 0 Å². The second kappa shape index (κ2) is 4.83. The van der Waals surface area contributed by atoms with Gasteiger partial charge in [-0.05, 0) is 32.0 Å². The van der Waals surface area contributed by atoms with Gasteiger partial charge in [0.2, 0.25) is 5.91 Å². The highest BCUT2D eigenvalue weighted by Crippen LogP contribution is 2.35. The molecule has 1 amide bonds. The molecule has 2 aliphatic heterocycles. The molecule has 0 saturated carbocycles. The standard InChI is InChI=1S/C14H19N3O2/c1-15-13-11-5-4-9(7-12(11)16-14(13)19)17-6-2-3-10(17)8-18/h4-5,7,10,13,15,18H,2-3,6,8H2,1H3,(H,16,19). The summed E-state index contributed by atoms with van der Waals surface area (Å²) in [6.07, 6.45) is 2.13. The monoisotopic (exact) mass is 261 g/mol. The van der Waals surface area contributed by atoms with Crippen molar-refractivity contribution in [3.63, 3.8) is 0 Å². The highest BCUT2D eigenvalue weighted by atomic mass is 16.3. The van der Waals surface area contributed by atoms with Crippen LogP contribution in [-0.2, 0) is 4.79 Å². The number of anilines is 2. The molecule has 0 spiro atoms. The van der Waals surface area contributed by atoms with Gasteiger partial charge in [0.25, 0.3) is 0 Å². The lowest BCUT2D eigenvalue weighted by Gasteiger charge is -2.25. The van der Waals surface area contributed by atoms with E-state index in [-0.39, 0.29) is 24.6 Å². The SMILES string of the molecule is CNC1C(=O)Nc2cc(N3CCCC3CO)ccc21. The Kier molecular flexibility index (Phi) is 3.16. The fraction of sp³-hybridized carbons (Fsp3) is 0.500. The summed E-state index contributed by atoms with van der Waals surface area (Å²) in [5.41, 5.74) is 2.95. The number of amides is 1. The van der Waals surface area contributed by atoms with Crippen molar-refractivity contribution >= 4 is 17.3 Å². The van der Waals surface area contributed by atoms with E-state index in [1.165, 1.54) is 0 Å². The molecule has 2 aliphatic rings. The van der Waals surface area contributed by atoms with E-state index in [2.05, 4.69) is 15.5 Å². The summed E-state index contributed by atoms with van der Waals surface area (Å²) < 4.78 is 0. The average Bonchev–Trinajstić information content (AvgIpc) is 3.00. The molecule has 2 heterocycles. The predicted octanol–water partition coefficient (Wildman–Crippen LogP) is 0.860. The maximum absolute atomic E-state index is 11.8. The number of aliphatic hydroxyl groups is 1. The number of fused-ring (bicyclic) bond motifs is 1. The molecule has 1 saturated heterocycles. The Bertz CT molecular complexity index is 503. The zero-order valence-corrected chi connectivity index (χ0v) is 11.0. The quantitative estimate of drug-likeness (QED) is 0.755. The van der Waals surface area contributed by atoms with Crippen LogP contribution in [0.5, 0.6) is 0 Å². The van der Waals surface area contributed by atoms with Gasteiger partial charge >= 0.3 is 0 Å². The molecule has 1 aromatic carbocycles. The van der Waals surface area contributed by atoms with Gasteiger partial charge in [-0.2, -0.15) is 0 Å². The van der Waals surface area contributed by atoms with E-state index >= 15 is 0 Å². The summed E-state index contributed by atoms with van der Waals surface area (Å²) in [7, 11) is 1.79. The van der Waals surface area contributed by atoms with Gasteiger partial charge in [-0.1, -0.05) is 6.07 Å². The number of hydrogen-bond acceptors (Lipinski definition) is 4. The number of likely N-dealkylation sites (N-methyl/N-ethyl adjacent to an activating group) is 1. The topological polar surface area (TPSA) is 64.6 Å². The lowest BCUT2D eigenvalue weighted by Crippen LogP contribution is -2.31. The smallest absolute Gasteiger partial charge is 0.246 e. The second-order valence-corrected chi connectivity index (χ2v) is 5.15. The van der Waals surface area contributed by atoms with Crippen LogP contribution in [0.1, 0.15) is 24.4 Å². The molecule has 0 radical (unpaired) electrons. The summed E-state index contributed by atoms with van der Waals surface area (Å²) in [5, 5.41) is 15.3. The first kappa shape index (κ1) is 12.4. The third-order valence-corrected chi connectivity index (χ3v) is 4.08. The Morgan fingerprint density at radius 1 is 1.53 bits per heavy atom. The molecular formula is C14H19N3O2. The van der Waals surface area contributed by atoms with Crippen molar-refractivity contribution in [1.82, 2.24) is 5.32 Å². The van der Waals surface area contributed by atoms with Crippen LogP contribution in [0.2, 0.25) is 0 Å². The van der Waals surface area contributed by atoms with Crippen LogP contribution < -0.4 is 15.5 Å². The van der Waals surface area contributed by atoms with E-state index in [0.717, 1.165) is 36.3 Å². The number of hydrogen-bond donors (Lipinski definition) is 3. The highest BCUT2D eigenvalue weighted by Gasteiger charge is 2.31. The fourth-order valence-corrected chi connectivity index (χ4v) is 3.08. The Balaban J connectivity index is 1.91. The zero-order chi connectivity index (χ0) is 13.4. The van der Waals surface area contributed by atoms with Gasteiger partial charge in [-0.3, -0.25) is 4.79 Å². The first-order valence-corrected chi connectivity index (χ1v) is 6.74. The van der Waals surface area contributed by atoms with Gasteiger partial charge in [-0.15, -0.1) is 0 Å². The molecule has 3 N–H and O–H groups in total. The van der Waals surface area contributed by atoms with Crippen molar-refractivity contribution in [2.45, 2.75) is 24.9 Å². The Morgan fingerprint density at radius 3 is 3.11 bits per heavy atom. The fourth-order valence-electron chi connectivity index (χ4n) is 3.08. The van der Waals surface area contributed by atoms with E-state index in [9.17, 15) is 9.90 Å². The number of aliphatic hydroxyl groups excluding tert-OH is 1. The number of nitrogens with zero attached hydrogens (tertiary/aromatic N) is 1. The van der Waals surface area contributed by atoms with E-state index in [0.29, 0.717) is 0 Å². The lowest BCUT2D eigenvalue weighted by atomic mass is 10.1. The Morgan fingerprint density at radius 2 is 2.37 bits per heavy atom. The first-order chi connectivity index (χ1) is 9.24. The molecule has 0 bridgehead atoms. The van der Waals surface area contributed by atoms with Crippen molar-refractivity contribution in [3.8, 4) is 0 Å². The largest absolute Gasteiger partial charge is 0.394 e. The zero-order valence-electron chi connectivity index (χ0n) is 11.0. The normalized spacial score (nSPS) is 25.6. The minimum atomic E-state index is -0.253. The number of nitrogens with one attached hydrogen (secondary N) is 2. The lowest BCUT2D eigenvalue weighted by molar-refractivity contribution is -0.117. The first-order valence-electron chi connectivity index (χ1n) is 6.74. The van der Waals surface area contributed by atoms with Crippen molar-refractivity contribution in [1.29, 1.82) is 0 Å². The number of carbonyl (C=O) groups excluding carboxylic acids is 1. The number of benzene rings is 1. The van der Waals surface area contributed by atoms with Crippen LogP contribution in [0, 0.1) is 0 Å². The molecule has 5 nitrogen and oxygen atoms in total. The van der Waals surface area contributed by atoms with E-state index in [1.807, 2.05) is 18.2 Å². The molecular weight excluding hydrogens is 242 g/mol. The van der Waals surface area contributed by atoms with Crippen LogP contribution in [0.3, 0.4) is 0 Å². The molecule has 2 atom stereocenters. The summed E-state index contributed by atoms with van der Waals surface area (Å²) in [6, 6.07) is 6.00. The molecule has 0 aromatic heterocycles.